The van der Waals surface area contributed by atoms with Gasteiger partial charge in [0.25, 0.3) is 15.9 Å². The van der Waals surface area contributed by atoms with Gasteiger partial charge in [-0.25, -0.2) is 17.5 Å². The van der Waals surface area contributed by atoms with Crippen LogP contribution in [0.15, 0.2) is 47.4 Å². The third kappa shape index (κ3) is 3.88. The van der Waals surface area contributed by atoms with E-state index in [0.717, 1.165) is 41.6 Å². The lowest BCUT2D eigenvalue weighted by atomic mass is 9.82. The predicted octanol–water partition coefficient (Wildman–Crippen LogP) is 3.82. The number of hydrogen-bond acceptors (Lipinski definition) is 6. The Kier molecular flexibility index (Phi) is 5.58. The van der Waals surface area contributed by atoms with Gasteiger partial charge >= 0.3 is 6.09 Å². The number of rotatable bonds is 5. The fourth-order valence-corrected chi connectivity index (χ4v) is 6.70. The van der Waals surface area contributed by atoms with Crippen LogP contribution in [0.1, 0.15) is 41.6 Å². The Labute approximate surface area is 197 Å². The number of carbonyl (C=O) groups is 2. The number of halogens is 1. The van der Waals surface area contributed by atoms with Gasteiger partial charge in [0.1, 0.15) is 10.5 Å². The average Bonchev–Trinajstić information content (AvgIpc) is 2.99. The molecule has 0 unspecified atom stereocenters. The van der Waals surface area contributed by atoms with Crippen molar-refractivity contribution in [2.45, 2.75) is 36.2 Å². The van der Waals surface area contributed by atoms with Gasteiger partial charge in [0.05, 0.1) is 11.3 Å². The smallest absolute Gasteiger partial charge is 0.412 e. The van der Waals surface area contributed by atoms with Crippen LogP contribution >= 0.6 is 11.6 Å². The van der Waals surface area contributed by atoms with E-state index in [-0.39, 0.29) is 17.0 Å². The zero-order valence-corrected chi connectivity index (χ0v) is 19.5. The number of unbranched alkanes of at least 4 members (excludes halogenated alkanes) is 1. The first kappa shape index (κ1) is 22.2. The molecule has 10 heteroatoms. The number of amides is 2. The molecule has 1 saturated heterocycles. The Balaban J connectivity index is 1.16. The number of ether oxygens (including phenoxy) is 1. The van der Waals surface area contributed by atoms with Gasteiger partial charge in [-0.2, -0.15) is 0 Å². The highest BCUT2D eigenvalue weighted by molar-refractivity contribution is 7.90. The van der Waals surface area contributed by atoms with Crippen LogP contribution in [0.5, 0.6) is 0 Å². The summed E-state index contributed by atoms with van der Waals surface area (Å²) < 4.78 is 32.0. The van der Waals surface area contributed by atoms with Gasteiger partial charge in [-0.3, -0.25) is 10.1 Å². The highest BCUT2D eigenvalue weighted by Gasteiger charge is 2.44. The summed E-state index contributed by atoms with van der Waals surface area (Å²) in [5.41, 5.74) is 1.21. The molecule has 174 valence electrons. The summed E-state index contributed by atoms with van der Waals surface area (Å²) in [6, 6.07) is 11.7. The van der Waals surface area contributed by atoms with E-state index in [2.05, 4.69) is 10.2 Å². The highest BCUT2D eigenvalue weighted by atomic mass is 35.5. The van der Waals surface area contributed by atoms with E-state index in [9.17, 15) is 18.0 Å². The molecule has 2 aromatic rings. The van der Waals surface area contributed by atoms with Crippen molar-refractivity contribution in [3.05, 3.63) is 58.6 Å². The largest absolute Gasteiger partial charge is 0.438 e. The number of benzene rings is 2. The molecule has 3 aliphatic rings. The van der Waals surface area contributed by atoms with E-state index in [1.165, 1.54) is 6.07 Å². The lowest BCUT2D eigenvalue weighted by molar-refractivity contribution is -0.0380. The number of sulfonamides is 1. The molecule has 1 fully saturated rings. The van der Waals surface area contributed by atoms with E-state index in [4.69, 9.17) is 16.3 Å². The minimum Gasteiger partial charge on any atom is -0.438 e. The first-order valence-corrected chi connectivity index (χ1v) is 12.8. The maximum atomic E-state index is 12.7. The van der Waals surface area contributed by atoms with Crippen molar-refractivity contribution in [1.29, 1.82) is 0 Å². The molecule has 3 aliphatic heterocycles. The van der Waals surface area contributed by atoms with Crippen LogP contribution in [0.3, 0.4) is 0 Å². The van der Waals surface area contributed by atoms with Crippen LogP contribution in [0, 0.1) is 0 Å². The van der Waals surface area contributed by atoms with Gasteiger partial charge in [0.2, 0.25) is 0 Å². The lowest BCUT2D eigenvalue weighted by Gasteiger charge is -2.44. The third-order valence-electron chi connectivity index (χ3n) is 6.66. The van der Waals surface area contributed by atoms with Crippen LogP contribution in [-0.2, 0) is 20.4 Å². The Morgan fingerprint density at radius 3 is 2.52 bits per heavy atom. The second-order valence-electron chi connectivity index (χ2n) is 8.63. The molecule has 1 N–H and O–H groups in total. The highest BCUT2D eigenvalue weighted by Crippen LogP contribution is 2.44. The van der Waals surface area contributed by atoms with Crippen LogP contribution in [0.4, 0.5) is 10.5 Å². The third-order valence-corrected chi connectivity index (χ3v) is 8.73. The average molecular weight is 490 g/mol. The van der Waals surface area contributed by atoms with Crippen molar-refractivity contribution >= 4 is 39.3 Å². The molecule has 0 bridgehead atoms. The molecule has 0 radical (unpaired) electrons. The fourth-order valence-electron chi connectivity index (χ4n) is 4.92. The van der Waals surface area contributed by atoms with Crippen molar-refractivity contribution in [3.63, 3.8) is 0 Å². The van der Waals surface area contributed by atoms with E-state index >= 15 is 0 Å². The number of fused-ring (bicyclic) bond motifs is 3. The van der Waals surface area contributed by atoms with Crippen molar-refractivity contribution in [1.82, 2.24) is 9.21 Å². The number of nitrogens with one attached hydrogen (secondary N) is 1. The molecule has 0 saturated carbocycles. The summed E-state index contributed by atoms with van der Waals surface area (Å²) in [7, 11) is -3.75. The molecule has 0 atom stereocenters. The standard InChI is InChI=1S/C23H24ClN3O5S/c24-16-7-8-19-18(15-16)23(32-22(29)25-19)9-13-26(14-10-23)11-3-4-12-27-21(28)17-5-1-2-6-20(17)33(27,30)31/h1-2,5-8,15H,3-4,9-14H2,(H,25,29). The number of hydrogen-bond donors (Lipinski definition) is 1. The molecular weight excluding hydrogens is 466 g/mol. The first-order chi connectivity index (χ1) is 15.8. The Morgan fingerprint density at radius 1 is 1.03 bits per heavy atom. The summed E-state index contributed by atoms with van der Waals surface area (Å²) in [5.74, 6) is -0.449. The molecular formula is C23H24ClN3O5S. The number of likely N-dealkylation sites (tertiary alicyclic amines) is 1. The van der Waals surface area contributed by atoms with Gasteiger partial charge in [0, 0.05) is 43.1 Å². The summed E-state index contributed by atoms with van der Waals surface area (Å²) in [6.07, 6.45) is 2.20. The van der Waals surface area contributed by atoms with Crippen LogP contribution in [-0.4, -0.2) is 55.8 Å². The van der Waals surface area contributed by atoms with Crippen molar-refractivity contribution in [2.75, 3.05) is 31.5 Å². The van der Waals surface area contributed by atoms with Crippen molar-refractivity contribution in [3.8, 4) is 0 Å². The Bertz CT molecular complexity index is 1220. The maximum Gasteiger partial charge on any atom is 0.412 e. The van der Waals surface area contributed by atoms with Crippen molar-refractivity contribution < 1.29 is 22.7 Å². The maximum absolute atomic E-state index is 12.7. The Hall–Kier alpha value is -2.62. The monoisotopic (exact) mass is 489 g/mol. The van der Waals surface area contributed by atoms with Crippen LogP contribution in [0.25, 0.3) is 0 Å². The van der Waals surface area contributed by atoms with Gasteiger partial charge in [-0.15, -0.1) is 0 Å². The van der Waals surface area contributed by atoms with Gasteiger partial charge < -0.3 is 9.64 Å². The molecule has 0 aromatic heterocycles. The summed E-state index contributed by atoms with van der Waals surface area (Å²) in [5, 5.41) is 3.34. The Morgan fingerprint density at radius 2 is 1.76 bits per heavy atom. The molecule has 33 heavy (non-hydrogen) atoms. The van der Waals surface area contributed by atoms with Gasteiger partial charge in [-0.05, 0) is 49.7 Å². The van der Waals surface area contributed by atoms with E-state index < -0.39 is 27.6 Å². The SMILES string of the molecule is O=C1Nc2ccc(Cl)cc2C2(CCN(CCCCN3C(=O)c4ccccc4S3(=O)=O)CC2)O1. The second kappa shape index (κ2) is 8.30. The quantitative estimate of drug-likeness (QED) is 0.641. The van der Waals surface area contributed by atoms with Crippen LogP contribution in [0.2, 0.25) is 5.02 Å². The molecule has 0 aliphatic carbocycles. The topological polar surface area (TPSA) is 96.0 Å². The lowest BCUT2D eigenvalue weighted by Crippen LogP contribution is -2.48. The molecule has 1 spiro atoms. The normalized spacial score (nSPS) is 20.8. The van der Waals surface area contributed by atoms with E-state index in [1.54, 1.807) is 30.3 Å². The second-order valence-corrected chi connectivity index (χ2v) is 10.9. The van der Waals surface area contributed by atoms with Gasteiger partial charge in [-0.1, -0.05) is 23.7 Å². The summed E-state index contributed by atoms with van der Waals surface area (Å²) in [4.78, 5) is 27.0. The zero-order valence-electron chi connectivity index (χ0n) is 17.9. The number of piperidine rings is 1. The number of anilines is 1. The van der Waals surface area contributed by atoms with E-state index in [1.807, 2.05) is 6.07 Å². The number of nitrogens with zero attached hydrogens (tertiary/aromatic N) is 2. The van der Waals surface area contributed by atoms with E-state index in [0.29, 0.717) is 24.3 Å². The van der Waals surface area contributed by atoms with Crippen molar-refractivity contribution in [2.24, 2.45) is 0 Å². The molecule has 3 heterocycles. The predicted molar refractivity (Wildman–Crippen MR) is 123 cm³/mol. The number of carbonyl (C=O) groups excluding carboxylic acids is 2. The van der Waals surface area contributed by atoms with Crippen LogP contribution < -0.4 is 5.32 Å². The molecule has 2 aromatic carbocycles. The fraction of sp³-hybridized carbons (Fsp3) is 0.391. The molecule has 8 nitrogen and oxygen atoms in total. The minimum atomic E-state index is -3.75. The minimum absolute atomic E-state index is 0.0910. The summed E-state index contributed by atoms with van der Waals surface area (Å²) in [6.45, 7) is 2.43. The molecule has 5 rings (SSSR count). The first-order valence-electron chi connectivity index (χ1n) is 11.0. The molecule has 2 amide bonds. The summed E-state index contributed by atoms with van der Waals surface area (Å²) >= 11 is 6.19. The zero-order chi connectivity index (χ0) is 23.2. The van der Waals surface area contributed by atoms with Gasteiger partial charge in [0.15, 0.2) is 0 Å².